The fraction of sp³-hybridized carbons (Fsp3) is 0.647. The van der Waals surface area contributed by atoms with Gasteiger partial charge in [-0.2, -0.15) is 0 Å². The van der Waals surface area contributed by atoms with Crippen LogP contribution < -0.4 is 10.1 Å². The number of hydrogen-bond acceptors (Lipinski definition) is 2. The summed E-state index contributed by atoms with van der Waals surface area (Å²) in [6.45, 7) is 9.67. The van der Waals surface area contributed by atoms with Crippen LogP contribution in [-0.2, 0) is 0 Å². The Morgan fingerprint density at radius 2 is 2.20 bits per heavy atom. The van der Waals surface area contributed by atoms with Crippen LogP contribution in [0.2, 0.25) is 0 Å². The number of halogens is 1. The molecule has 0 spiro atoms. The molecule has 2 unspecified atom stereocenters. The molecule has 0 aliphatic carbocycles. The van der Waals surface area contributed by atoms with E-state index in [1.54, 1.807) is 0 Å². The Labute approximate surface area is 121 Å². The van der Waals surface area contributed by atoms with Crippen molar-refractivity contribution in [3.63, 3.8) is 0 Å². The minimum atomic E-state index is -0.230. The standard InChI is InChI=1S/C17H26FNO/c1-5-8-19-15-11-17(4,10-12(2)3)20-16-9-13(18)6-7-14(15)16/h6-7,9,12,15,19H,5,8,10-11H2,1-4H3. The highest BCUT2D eigenvalue weighted by Crippen LogP contribution is 2.42. The molecule has 1 aromatic carbocycles. The van der Waals surface area contributed by atoms with E-state index in [0.717, 1.165) is 31.4 Å². The predicted octanol–water partition coefficient (Wildman–Crippen LogP) is 4.45. The van der Waals surface area contributed by atoms with Crippen molar-refractivity contribution in [1.82, 2.24) is 5.32 Å². The molecule has 0 fully saturated rings. The Bertz CT molecular complexity index is 460. The van der Waals surface area contributed by atoms with Gasteiger partial charge >= 0.3 is 0 Å². The van der Waals surface area contributed by atoms with Crippen LogP contribution in [0.4, 0.5) is 4.39 Å². The van der Waals surface area contributed by atoms with Crippen molar-refractivity contribution >= 4 is 0 Å². The molecular weight excluding hydrogens is 253 g/mol. The van der Waals surface area contributed by atoms with E-state index >= 15 is 0 Å². The second-order valence-electron chi connectivity index (χ2n) is 6.54. The van der Waals surface area contributed by atoms with Gasteiger partial charge < -0.3 is 10.1 Å². The van der Waals surface area contributed by atoms with Gasteiger partial charge in [0.25, 0.3) is 0 Å². The van der Waals surface area contributed by atoms with Crippen LogP contribution in [0.15, 0.2) is 18.2 Å². The van der Waals surface area contributed by atoms with Gasteiger partial charge in [0.15, 0.2) is 0 Å². The third-order valence-electron chi connectivity index (χ3n) is 3.82. The summed E-state index contributed by atoms with van der Waals surface area (Å²) in [6, 6.07) is 5.15. The minimum Gasteiger partial charge on any atom is -0.487 e. The summed E-state index contributed by atoms with van der Waals surface area (Å²) >= 11 is 0. The Kier molecular flexibility index (Phi) is 4.69. The molecule has 1 heterocycles. The minimum absolute atomic E-state index is 0.222. The lowest BCUT2D eigenvalue weighted by molar-refractivity contribution is 0.0283. The van der Waals surface area contributed by atoms with Crippen LogP contribution in [0.3, 0.4) is 0 Å². The van der Waals surface area contributed by atoms with Gasteiger partial charge in [-0.25, -0.2) is 4.39 Å². The lowest BCUT2D eigenvalue weighted by atomic mass is 9.83. The van der Waals surface area contributed by atoms with Crippen molar-refractivity contribution in [3.8, 4) is 5.75 Å². The summed E-state index contributed by atoms with van der Waals surface area (Å²) in [5.41, 5.74) is 0.862. The zero-order chi connectivity index (χ0) is 14.8. The molecular formula is C17H26FNO. The second-order valence-corrected chi connectivity index (χ2v) is 6.54. The van der Waals surface area contributed by atoms with Gasteiger partial charge in [0.05, 0.1) is 0 Å². The largest absolute Gasteiger partial charge is 0.487 e. The average Bonchev–Trinajstić information content (AvgIpc) is 2.33. The van der Waals surface area contributed by atoms with E-state index in [2.05, 4.69) is 33.0 Å². The monoisotopic (exact) mass is 279 g/mol. The first-order valence-electron chi connectivity index (χ1n) is 7.65. The molecule has 0 bridgehead atoms. The highest BCUT2D eigenvalue weighted by Gasteiger charge is 2.37. The van der Waals surface area contributed by atoms with Crippen LogP contribution >= 0.6 is 0 Å². The van der Waals surface area contributed by atoms with Gasteiger partial charge in [0.2, 0.25) is 0 Å². The van der Waals surface area contributed by atoms with E-state index in [0.29, 0.717) is 11.7 Å². The highest BCUT2D eigenvalue weighted by atomic mass is 19.1. The first-order valence-corrected chi connectivity index (χ1v) is 7.65. The third kappa shape index (κ3) is 3.51. The molecule has 1 aliphatic heterocycles. The summed E-state index contributed by atoms with van der Waals surface area (Å²) in [5.74, 6) is 1.03. The number of ether oxygens (including phenoxy) is 1. The number of nitrogens with one attached hydrogen (secondary N) is 1. The number of rotatable bonds is 5. The SMILES string of the molecule is CCCNC1CC(C)(CC(C)C)Oc2cc(F)ccc21. The maximum absolute atomic E-state index is 13.5. The maximum atomic E-state index is 13.5. The lowest BCUT2D eigenvalue weighted by Gasteiger charge is -2.41. The zero-order valence-corrected chi connectivity index (χ0v) is 13.0. The summed E-state index contributed by atoms with van der Waals surface area (Å²) in [6.07, 6.45) is 3.01. The molecule has 1 N–H and O–H groups in total. The van der Waals surface area contributed by atoms with Gasteiger partial charge in [-0.15, -0.1) is 0 Å². The molecule has 3 heteroatoms. The topological polar surface area (TPSA) is 21.3 Å². The van der Waals surface area contributed by atoms with Gasteiger partial charge in [0, 0.05) is 24.1 Å². The first kappa shape index (κ1) is 15.3. The van der Waals surface area contributed by atoms with Crippen molar-refractivity contribution in [3.05, 3.63) is 29.6 Å². The van der Waals surface area contributed by atoms with E-state index in [1.165, 1.54) is 12.1 Å². The lowest BCUT2D eigenvalue weighted by Crippen LogP contribution is -2.43. The van der Waals surface area contributed by atoms with E-state index in [-0.39, 0.29) is 17.5 Å². The van der Waals surface area contributed by atoms with E-state index < -0.39 is 0 Å². The molecule has 2 nitrogen and oxygen atoms in total. The normalized spacial score (nSPS) is 25.4. The Hall–Kier alpha value is -1.09. The van der Waals surface area contributed by atoms with Gasteiger partial charge in [-0.05, 0) is 38.3 Å². The van der Waals surface area contributed by atoms with Gasteiger partial charge in [-0.1, -0.05) is 26.8 Å². The van der Waals surface area contributed by atoms with Crippen LogP contribution in [0.25, 0.3) is 0 Å². The van der Waals surface area contributed by atoms with Crippen LogP contribution in [0.5, 0.6) is 5.75 Å². The fourth-order valence-electron chi connectivity index (χ4n) is 3.22. The molecule has 0 amide bonds. The quantitative estimate of drug-likeness (QED) is 0.859. The molecule has 0 saturated carbocycles. The van der Waals surface area contributed by atoms with Crippen molar-refractivity contribution in [2.45, 2.75) is 58.6 Å². The molecule has 112 valence electrons. The molecule has 20 heavy (non-hydrogen) atoms. The molecule has 2 atom stereocenters. The number of fused-ring (bicyclic) bond motifs is 1. The summed E-state index contributed by atoms with van der Waals surface area (Å²) in [7, 11) is 0. The summed E-state index contributed by atoms with van der Waals surface area (Å²) < 4.78 is 19.6. The molecule has 1 aromatic rings. The average molecular weight is 279 g/mol. The van der Waals surface area contributed by atoms with Gasteiger partial charge in [0.1, 0.15) is 17.2 Å². The zero-order valence-electron chi connectivity index (χ0n) is 13.0. The summed E-state index contributed by atoms with van der Waals surface area (Å²) in [4.78, 5) is 0. The number of benzene rings is 1. The summed E-state index contributed by atoms with van der Waals surface area (Å²) in [5, 5.41) is 3.57. The third-order valence-corrected chi connectivity index (χ3v) is 3.82. The Morgan fingerprint density at radius 1 is 1.45 bits per heavy atom. The Morgan fingerprint density at radius 3 is 2.85 bits per heavy atom. The maximum Gasteiger partial charge on any atom is 0.127 e. The van der Waals surface area contributed by atoms with Crippen molar-refractivity contribution in [1.29, 1.82) is 0 Å². The van der Waals surface area contributed by atoms with Crippen LogP contribution in [0, 0.1) is 11.7 Å². The molecule has 0 aromatic heterocycles. The van der Waals surface area contributed by atoms with Crippen molar-refractivity contribution < 1.29 is 9.13 Å². The van der Waals surface area contributed by atoms with Crippen LogP contribution in [0.1, 0.15) is 58.6 Å². The molecule has 2 rings (SSSR count). The molecule has 0 saturated heterocycles. The van der Waals surface area contributed by atoms with E-state index in [1.807, 2.05) is 6.07 Å². The highest BCUT2D eigenvalue weighted by molar-refractivity contribution is 5.39. The predicted molar refractivity (Wildman–Crippen MR) is 80.5 cm³/mol. The van der Waals surface area contributed by atoms with E-state index in [9.17, 15) is 4.39 Å². The van der Waals surface area contributed by atoms with Crippen molar-refractivity contribution in [2.24, 2.45) is 5.92 Å². The number of hydrogen-bond donors (Lipinski definition) is 1. The fourth-order valence-corrected chi connectivity index (χ4v) is 3.22. The van der Waals surface area contributed by atoms with Gasteiger partial charge in [-0.3, -0.25) is 0 Å². The molecule has 0 radical (unpaired) electrons. The van der Waals surface area contributed by atoms with Crippen LogP contribution in [-0.4, -0.2) is 12.1 Å². The first-order chi connectivity index (χ1) is 9.43. The van der Waals surface area contributed by atoms with Crippen molar-refractivity contribution in [2.75, 3.05) is 6.54 Å². The van der Waals surface area contributed by atoms with E-state index in [4.69, 9.17) is 4.74 Å². The Balaban J connectivity index is 2.29. The molecule has 1 aliphatic rings. The second kappa shape index (κ2) is 6.13. The smallest absolute Gasteiger partial charge is 0.127 e.